The number of hydrogen-bond acceptors (Lipinski definition) is 3. The number of carbonyl (C=O) groups excluding carboxylic acids is 2. The van der Waals surface area contributed by atoms with Crippen molar-refractivity contribution in [1.82, 2.24) is 0 Å². The van der Waals surface area contributed by atoms with Crippen LogP contribution in [-0.2, 0) is 14.3 Å². The molecule has 0 unspecified atom stereocenters. The Morgan fingerprint density at radius 3 is 1.89 bits per heavy atom. The van der Waals surface area contributed by atoms with Crippen LogP contribution in [0.15, 0.2) is 0 Å². The van der Waals surface area contributed by atoms with E-state index in [0.717, 1.165) is 6.42 Å². The van der Waals surface area contributed by atoms with Crippen LogP contribution in [0.2, 0.25) is 0 Å². The molecule has 0 aromatic carbocycles. The number of hydrogen-bond donors (Lipinski definition) is 0. The zero-order valence-corrected chi connectivity index (χ0v) is 11.9. The van der Waals surface area contributed by atoms with E-state index in [9.17, 15) is 9.59 Å². The maximum atomic E-state index is 10.8. The number of rotatable bonds is 5. The van der Waals surface area contributed by atoms with Gasteiger partial charge in [0.1, 0.15) is 12.2 Å². The molecule has 0 bridgehead atoms. The van der Waals surface area contributed by atoms with E-state index in [1.807, 2.05) is 0 Å². The average Bonchev–Trinajstić information content (AvgIpc) is 2.22. The predicted molar refractivity (Wildman–Crippen MR) is 71.2 cm³/mol. The highest BCUT2D eigenvalue weighted by molar-refractivity contribution is 5.94. The summed E-state index contributed by atoms with van der Waals surface area (Å²) in [5.41, 5.74) is 0. The van der Waals surface area contributed by atoms with E-state index < -0.39 is 5.97 Å². The van der Waals surface area contributed by atoms with E-state index in [-0.39, 0.29) is 12.2 Å². The molecule has 2 saturated carbocycles. The fourth-order valence-corrected chi connectivity index (χ4v) is 2.23. The minimum absolute atomic E-state index is 0.0991. The van der Waals surface area contributed by atoms with Crippen LogP contribution in [0, 0.1) is 17.8 Å². The number of Topliss-reactive ketones (excluding diaryl/α,β-unsaturated/α-hetero) is 1. The maximum Gasteiger partial charge on any atom is 0.313 e. The van der Waals surface area contributed by atoms with Crippen molar-refractivity contribution in [1.29, 1.82) is 0 Å². The van der Waals surface area contributed by atoms with Gasteiger partial charge in [-0.3, -0.25) is 9.59 Å². The lowest BCUT2D eigenvalue weighted by Crippen LogP contribution is -2.34. The van der Waals surface area contributed by atoms with Crippen LogP contribution < -0.4 is 0 Å². The van der Waals surface area contributed by atoms with Gasteiger partial charge in [-0.1, -0.05) is 13.8 Å². The Bertz CT molecular complexity index is 265. The second kappa shape index (κ2) is 7.55. The van der Waals surface area contributed by atoms with E-state index in [4.69, 9.17) is 4.74 Å². The molecule has 104 valence electrons. The summed E-state index contributed by atoms with van der Waals surface area (Å²) in [6, 6.07) is 0. The smallest absolute Gasteiger partial charge is 0.313 e. The Balaban J connectivity index is 0.000000217. The van der Waals surface area contributed by atoms with E-state index >= 15 is 0 Å². The molecule has 0 aromatic heterocycles. The van der Waals surface area contributed by atoms with Gasteiger partial charge in [0, 0.05) is 0 Å². The van der Waals surface area contributed by atoms with Gasteiger partial charge in [-0.05, 0) is 56.8 Å². The number of ether oxygens (including phenoxy) is 1. The van der Waals surface area contributed by atoms with E-state index in [0.29, 0.717) is 12.5 Å². The summed E-state index contributed by atoms with van der Waals surface area (Å²) in [4.78, 5) is 21.2. The fourth-order valence-electron chi connectivity index (χ4n) is 2.23. The van der Waals surface area contributed by atoms with Gasteiger partial charge in [0.2, 0.25) is 0 Å². The van der Waals surface area contributed by atoms with Crippen LogP contribution in [0.1, 0.15) is 59.3 Å². The molecule has 0 atom stereocenters. The molecular formula is C15H26O3. The minimum atomic E-state index is -0.414. The normalized spacial score (nSPS) is 24.0. The third kappa shape index (κ3) is 5.65. The van der Waals surface area contributed by atoms with Crippen molar-refractivity contribution < 1.29 is 14.3 Å². The Hall–Kier alpha value is -0.860. The first-order valence-corrected chi connectivity index (χ1v) is 7.14. The minimum Gasteiger partial charge on any atom is -0.465 e. The topological polar surface area (TPSA) is 43.4 Å². The second-order valence-corrected chi connectivity index (χ2v) is 5.96. The number of carbonyl (C=O) groups is 2. The molecule has 18 heavy (non-hydrogen) atoms. The van der Waals surface area contributed by atoms with Crippen molar-refractivity contribution in [2.24, 2.45) is 17.8 Å². The molecule has 0 radical (unpaired) electrons. The maximum absolute atomic E-state index is 10.8. The zero-order valence-electron chi connectivity index (χ0n) is 11.9. The van der Waals surface area contributed by atoms with Gasteiger partial charge in [-0.2, -0.15) is 0 Å². The molecule has 2 aliphatic rings. The Labute approximate surface area is 110 Å². The third-order valence-electron chi connectivity index (χ3n) is 3.83. The Kier molecular flexibility index (Phi) is 6.37. The molecule has 0 aliphatic heterocycles. The summed E-state index contributed by atoms with van der Waals surface area (Å²) in [6.45, 7) is 5.91. The first-order chi connectivity index (χ1) is 8.49. The van der Waals surface area contributed by atoms with E-state index in [1.165, 1.54) is 18.8 Å². The lowest BCUT2D eigenvalue weighted by atomic mass is 9.60. The highest BCUT2D eigenvalue weighted by atomic mass is 16.5. The van der Waals surface area contributed by atoms with E-state index in [1.54, 1.807) is 25.7 Å². The standard InChI is InChI=1S/C9H16O3.C6H10/c1-7(2)4-5-12-9(11)6-8(3)10;1-2-6-4-3-5(1)6/h7H,4-6H2,1-3H3;5-6H,1-4H2. The predicted octanol–water partition coefficient (Wildman–Crippen LogP) is 3.36. The first-order valence-electron chi connectivity index (χ1n) is 7.14. The molecule has 0 spiro atoms. The summed E-state index contributed by atoms with van der Waals surface area (Å²) in [5.74, 6) is 2.39. The molecule has 3 nitrogen and oxygen atoms in total. The quantitative estimate of drug-likeness (QED) is 0.558. The lowest BCUT2D eigenvalue weighted by Gasteiger charge is -2.46. The van der Waals surface area contributed by atoms with Gasteiger partial charge in [-0.25, -0.2) is 0 Å². The van der Waals surface area contributed by atoms with Crippen LogP contribution in [0.5, 0.6) is 0 Å². The third-order valence-corrected chi connectivity index (χ3v) is 3.83. The van der Waals surface area contributed by atoms with Crippen LogP contribution >= 0.6 is 0 Å². The molecule has 0 heterocycles. The van der Waals surface area contributed by atoms with Crippen molar-refractivity contribution in [2.75, 3.05) is 6.61 Å². The van der Waals surface area contributed by atoms with Gasteiger partial charge in [-0.15, -0.1) is 0 Å². The molecule has 3 heteroatoms. The molecule has 0 saturated heterocycles. The summed E-state index contributed by atoms with van der Waals surface area (Å²) >= 11 is 0. The lowest BCUT2D eigenvalue weighted by molar-refractivity contribution is -0.145. The fraction of sp³-hybridized carbons (Fsp3) is 0.867. The van der Waals surface area contributed by atoms with Gasteiger partial charge >= 0.3 is 5.97 Å². The summed E-state index contributed by atoms with van der Waals surface area (Å²) in [7, 11) is 0. The van der Waals surface area contributed by atoms with Crippen LogP contribution in [0.3, 0.4) is 0 Å². The Morgan fingerprint density at radius 2 is 1.61 bits per heavy atom. The molecule has 2 aliphatic carbocycles. The molecule has 2 rings (SSSR count). The van der Waals surface area contributed by atoms with Crippen molar-refractivity contribution in [3.63, 3.8) is 0 Å². The SMILES string of the molecule is C1CC2CCC12.CC(=O)CC(=O)OCCC(C)C. The van der Waals surface area contributed by atoms with Crippen molar-refractivity contribution >= 4 is 11.8 Å². The molecule has 0 amide bonds. The molecule has 0 aromatic rings. The first kappa shape index (κ1) is 15.2. The summed E-state index contributed by atoms with van der Waals surface area (Å²) in [6.07, 6.45) is 6.99. The van der Waals surface area contributed by atoms with Crippen molar-refractivity contribution in [2.45, 2.75) is 59.3 Å². The van der Waals surface area contributed by atoms with Crippen molar-refractivity contribution in [3.05, 3.63) is 0 Å². The van der Waals surface area contributed by atoms with Crippen LogP contribution in [0.4, 0.5) is 0 Å². The number of ketones is 1. The Morgan fingerprint density at radius 1 is 1.11 bits per heavy atom. The van der Waals surface area contributed by atoms with E-state index in [2.05, 4.69) is 13.8 Å². The highest BCUT2D eigenvalue weighted by Gasteiger charge is 2.37. The highest BCUT2D eigenvalue weighted by Crippen LogP contribution is 2.49. The second-order valence-electron chi connectivity index (χ2n) is 5.96. The van der Waals surface area contributed by atoms with Gasteiger partial charge in [0.05, 0.1) is 6.61 Å². The van der Waals surface area contributed by atoms with Gasteiger partial charge < -0.3 is 4.74 Å². The summed E-state index contributed by atoms with van der Waals surface area (Å²) < 4.78 is 4.80. The molecular weight excluding hydrogens is 228 g/mol. The molecule has 0 N–H and O–H groups in total. The van der Waals surface area contributed by atoms with Gasteiger partial charge in [0.15, 0.2) is 0 Å². The average molecular weight is 254 g/mol. The van der Waals surface area contributed by atoms with Crippen LogP contribution in [-0.4, -0.2) is 18.4 Å². The monoisotopic (exact) mass is 254 g/mol. The number of fused-ring (bicyclic) bond motifs is 1. The van der Waals surface area contributed by atoms with Crippen LogP contribution in [0.25, 0.3) is 0 Å². The molecule has 2 fully saturated rings. The number of esters is 1. The van der Waals surface area contributed by atoms with Crippen molar-refractivity contribution in [3.8, 4) is 0 Å². The summed E-state index contributed by atoms with van der Waals surface area (Å²) in [5, 5.41) is 0. The largest absolute Gasteiger partial charge is 0.465 e. The van der Waals surface area contributed by atoms with Gasteiger partial charge in [0.25, 0.3) is 0 Å². The zero-order chi connectivity index (χ0) is 13.5.